The van der Waals surface area contributed by atoms with Crippen LogP contribution in [-0.2, 0) is 11.3 Å². The molecule has 0 amide bonds. The highest BCUT2D eigenvalue weighted by atomic mass is 35.5. The van der Waals surface area contributed by atoms with Gasteiger partial charge in [-0.2, -0.15) is 0 Å². The number of hydrogen-bond donors (Lipinski definition) is 1. The number of esters is 1. The minimum atomic E-state index is -0.556. The first-order valence-electron chi connectivity index (χ1n) is 7.98. The SMILES string of the molecule is CCOC(=O)c1nc2cc(Cl)cnc2nc1NCc1ccc(OC)cc1. The van der Waals surface area contributed by atoms with E-state index in [2.05, 4.69) is 20.3 Å². The van der Waals surface area contributed by atoms with E-state index in [1.807, 2.05) is 24.3 Å². The molecule has 0 fully saturated rings. The predicted octanol–water partition coefficient (Wildman–Crippen LogP) is 3.48. The molecule has 0 radical (unpaired) electrons. The monoisotopic (exact) mass is 372 g/mol. The lowest BCUT2D eigenvalue weighted by Gasteiger charge is -2.11. The fourth-order valence-corrected chi connectivity index (χ4v) is 2.47. The predicted molar refractivity (Wildman–Crippen MR) is 98.6 cm³/mol. The third-order valence-electron chi connectivity index (χ3n) is 3.58. The minimum Gasteiger partial charge on any atom is -0.497 e. The molecule has 2 heterocycles. The summed E-state index contributed by atoms with van der Waals surface area (Å²) in [5.74, 6) is 0.522. The summed E-state index contributed by atoms with van der Waals surface area (Å²) in [6.07, 6.45) is 1.48. The highest BCUT2D eigenvalue weighted by Crippen LogP contribution is 2.20. The van der Waals surface area contributed by atoms with Gasteiger partial charge in [0.25, 0.3) is 0 Å². The normalized spacial score (nSPS) is 10.6. The Kier molecular flexibility index (Phi) is 5.48. The zero-order valence-corrected chi connectivity index (χ0v) is 15.1. The number of nitrogens with zero attached hydrogens (tertiary/aromatic N) is 3. The number of nitrogens with one attached hydrogen (secondary N) is 1. The van der Waals surface area contributed by atoms with Crippen molar-refractivity contribution >= 4 is 34.6 Å². The number of carbonyl (C=O) groups is 1. The molecular formula is C18H17ClN4O3. The first-order valence-corrected chi connectivity index (χ1v) is 8.35. The third-order valence-corrected chi connectivity index (χ3v) is 3.78. The average molecular weight is 373 g/mol. The van der Waals surface area contributed by atoms with Crippen molar-refractivity contribution in [3.8, 4) is 5.75 Å². The van der Waals surface area contributed by atoms with Crippen LogP contribution in [0.25, 0.3) is 11.2 Å². The van der Waals surface area contributed by atoms with Crippen LogP contribution in [-0.4, -0.2) is 34.6 Å². The van der Waals surface area contributed by atoms with Crippen molar-refractivity contribution in [1.29, 1.82) is 0 Å². The maximum Gasteiger partial charge on any atom is 0.360 e. The van der Waals surface area contributed by atoms with E-state index in [9.17, 15) is 4.79 Å². The molecule has 3 aromatic rings. The lowest BCUT2D eigenvalue weighted by atomic mass is 10.2. The van der Waals surface area contributed by atoms with Crippen LogP contribution in [0.4, 0.5) is 5.82 Å². The number of pyridine rings is 1. The molecule has 1 aromatic carbocycles. The maximum atomic E-state index is 12.3. The summed E-state index contributed by atoms with van der Waals surface area (Å²) < 4.78 is 10.2. The Balaban J connectivity index is 1.92. The molecule has 7 nitrogen and oxygen atoms in total. The summed E-state index contributed by atoms with van der Waals surface area (Å²) in [5, 5.41) is 3.54. The maximum absolute atomic E-state index is 12.3. The third kappa shape index (κ3) is 4.00. The van der Waals surface area contributed by atoms with Crippen LogP contribution in [0.5, 0.6) is 5.75 Å². The summed E-state index contributed by atoms with van der Waals surface area (Å²) in [4.78, 5) is 25.1. The molecule has 3 rings (SSSR count). The van der Waals surface area contributed by atoms with Crippen LogP contribution in [0, 0.1) is 0 Å². The number of benzene rings is 1. The van der Waals surface area contributed by atoms with Crippen molar-refractivity contribution in [2.75, 3.05) is 19.0 Å². The van der Waals surface area contributed by atoms with Gasteiger partial charge in [-0.25, -0.2) is 19.7 Å². The lowest BCUT2D eigenvalue weighted by Crippen LogP contribution is -2.14. The van der Waals surface area contributed by atoms with Crippen molar-refractivity contribution in [3.05, 3.63) is 52.8 Å². The van der Waals surface area contributed by atoms with E-state index in [-0.39, 0.29) is 12.3 Å². The molecule has 0 aliphatic carbocycles. The molecule has 1 N–H and O–H groups in total. The minimum absolute atomic E-state index is 0.0944. The Bertz CT molecular complexity index is 932. The zero-order valence-electron chi connectivity index (χ0n) is 14.3. The van der Waals surface area contributed by atoms with Crippen molar-refractivity contribution in [2.24, 2.45) is 0 Å². The molecule has 0 bridgehead atoms. The highest BCUT2D eigenvalue weighted by molar-refractivity contribution is 6.31. The van der Waals surface area contributed by atoms with E-state index in [1.165, 1.54) is 6.20 Å². The van der Waals surface area contributed by atoms with E-state index < -0.39 is 5.97 Å². The van der Waals surface area contributed by atoms with Crippen LogP contribution in [0.2, 0.25) is 5.02 Å². The van der Waals surface area contributed by atoms with Gasteiger partial charge in [0.2, 0.25) is 0 Å². The Morgan fingerprint density at radius 1 is 1.23 bits per heavy atom. The molecule has 2 aromatic heterocycles. The van der Waals surface area contributed by atoms with Gasteiger partial charge in [0, 0.05) is 12.7 Å². The van der Waals surface area contributed by atoms with Gasteiger partial charge < -0.3 is 14.8 Å². The van der Waals surface area contributed by atoms with E-state index >= 15 is 0 Å². The molecule has 8 heteroatoms. The van der Waals surface area contributed by atoms with Crippen molar-refractivity contribution in [1.82, 2.24) is 15.0 Å². The molecule has 0 unspecified atom stereocenters. The number of anilines is 1. The van der Waals surface area contributed by atoms with E-state index in [1.54, 1.807) is 20.1 Å². The molecule has 26 heavy (non-hydrogen) atoms. The fourth-order valence-electron chi connectivity index (χ4n) is 2.32. The largest absolute Gasteiger partial charge is 0.497 e. The van der Waals surface area contributed by atoms with Gasteiger partial charge in [-0.3, -0.25) is 0 Å². The first-order chi connectivity index (χ1) is 12.6. The molecule has 0 atom stereocenters. The van der Waals surface area contributed by atoms with Gasteiger partial charge >= 0.3 is 5.97 Å². The average Bonchev–Trinajstić information content (AvgIpc) is 2.66. The van der Waals surface area contributed by atoms with E-state index in [0.717, 1.165) is 11.3 Å². The number of halogens is 1. The van der Waals surface area contributed by atoms with Crippen molar-refractivity contribution < 1.29 is 14.3 Å². The Hall–Kier alpha value is -2.93. The molecule has 0 saturated carbocycles. The van der Waals surface area contributed by atoms with Gasteiger partial charge in [-0.05, 0) is 30.7 Å². The number of rotatable bonds is 6. The second-order valence-electron chi connectivity index (χ2n) is 5.34. The second-order valence-corrected chi connectivity index (χ2v) is 5.78. The van der Waals surface area contributed by atoms with Gasteiger partial charge in [0.15, 0.2) is 17.2 Å². The number of fused-ring (bicyclic) bond motifs is 1. The smallest absolute Gasteiger partial charge is 0.360 e. The van der Waals surface area contributed by atoms with Crippen LogP contribution in [0.15, 0.2) is 36.5 Å². The zero-order chi connectivity index (χ0) is 18.5. The first kappa shape index (κ1) is 17.9. The molecule has 0 aliphatic heterocycles. The number of carbonyl (C=O) groups excluding carboxylic acids is 1. The number of hydrogen-bond acceptors (Lipinski definition) is 7. The summed E-state index contributed by atoms with van der Waals surface area (Å²) in [6, 6.07) is 9.16. The standard InChI is InChI=1S/C18H17ClN4O3/c1-3-26-18(24)15-17(20-9-11-4-6-13(25-2)7-5-11)23-16-14(22-15)8-12(19)10-21-16/h4-8,10H,3,9H2,1-2H3,(H,20,21,23). The molecule has 0 saturated heterocycles. The van der Waals surface area contributed by atoms with E-state index in [0.29, 0.717) is 28.5 Å². The quantitative estimate of drug-likeness (QED) is 0.663. The van der Waals surface area contributed by atoms with Gasteiger partial charge in [-0.1, -0.05) is 23.7 Å². The van der Waals surface area contributed by atoms with E-state index in [4.69, 9.17) is 21.1 Å². The summed E-state index contributed by atoms with van der Waals surface area (Å²) >= 11 is 5.95. The molecular weight excluding hydrogens is 356 g/mol. The van der Waals surface area contributed by atoms with Crippen LogP contribution >= 0.6 is 11.6 Å². The summed E-state index contributed by atoms with van der Waals surface area (Å²) in [5.41, 5.74) is 1.90. The summed E-state index contributed by atoms with van der Waals surface area (Å²) in [6.45, 7) is 2.42. The second kappa shape index (κ2) is 7.97. The highest BCUT2D eigenvalue weighted by Gasteiger charge is 2.18. The topological polar surface area (TPSA) is 86.2 Å². The fraction of sp³-hybridized carbons (Fsp3) is 0.222. The van der Waals surface area contributed by atoms with Gasteiger partial charge in [0.1, 0.15) is 11.3 Å². The van der Waals surface area contributed by atoms with Crippen molar-refractivity contribution in [3.63, 3.8) is 0 Å². The Labute approximate surface area is 155 Å². The van der Waals surface area contributed by atoms with Crippen LogP contribution in [0.3, 0.4) is 0 Å². The van der Waals surface area contributed by atoms with Gasteiger partial charge in [-0.15, -0.1) is 0 Å². The lowest BCUT2D eigenvalue weighted by molar-refractivity contribution is 0.0520. The number of methoxy groups -OCH3 is 1. The number of aromatic nitrogens is 3. The number of ether oxygens (including phenoxy) is 2. The molecule has 0 aliphatic rings. The van der Waals surface area contributed by atoms with Gasteiger partial charge in [0.05, 0.1) is 18.7 Å². The van der Waals surface area contributed by atoms with Crippen LogP contribution < -0.4 is 10.1 Å². The Morgan fingerprint density at radius 2 is 2.00 bits per heavy atom. The van der Waals surface area contributed by atoms with Crippen LogP contribution in [0.1, 0.15) is 23.0 Å². The summed E-state index contributed by atoms with van der Waals surface area (Å²) in [7, 11) is 1.61. The molecule has 134 valence electrons. The van der Waals surface area contributed by atoms with Crippen molar-refractivity contribution in [2.45, 2.75) is 13.5 Å². The Morgan fingerprint density at radius 3 is 2.69 bits per heavy atom. The molecule has 0 spiro atoms.